The number of carbonyl (C=O) groups excluding carboxylic acids is 10. The Morgan fingerprint density at radius 1 is 0.235 bits per heavy atom. The van der Waals surface area contributed by atoms with E-state index in [-0.39, 0.29) is 129 Å². The van der Waals surface area contributed by atoms with E-state index in [1.807, 2.05) is 0 Å². The summed E-state index contributed by atoms with van der Waals surface area (Å²) in [6.45, 7) is 22.0. The lowest BCUT2D eigenvalue weighted by molar-refractivity contribution is -0.196. The van der Waals surface area contributed by atoms with E-state index in [4.69, 9.17) is 85.3 Å². The fraction of sp³-hybridized carbons (Fsp3) is 0.857. The van der Waals surface area contributed by atoms with Crippen LogP contribution in [0.5, 0.6) is 0 Å². The third kappa shape index (κ3) is 19.7. The zero-order chi connectivity index (χ0) is 71.9. The third-order valence-electron chi connectivity index (χ3n) is 21.8. The van der Waals surface area contributed by atoms with Gasteiger partial charge in [-0.25, -0.2) is 0 Å². The minimum atomic E-state index is -2.27. The van der Waals surface area contributed by atoms with E-state index >= 15 is 28.8 Å². The van der Waals surface area contributed by atoms with Crippen molar-refractivity contribution in [2.45, 2.75) is 210 Å². The van der Waals surface area contributed by atoms with E-state index in [2.05, 4.69) is 0 Å². The van der Waals surface area contributed by atoms with Crippen LogP contribution in [0.3, 0.4) is 0 Å². The highest BCUT2D eigenvalue weighted by molar-refractivity contribution is 5.92. The smallest absolute Gasteiger partial charge is 0.313 e. The Morgan fingerprint density at radius 3 is 0.551 bits per heavy atom. The van der Waals surface area contributed by atoms with Crippen molar-refractivity contribution in [1.82, 2.24) is 0 Å². The lowest BCUT2D eigenvalue weighted by Gasteiger charge is -2.49. The topological polar surface area (TPSA) is 363 Å². The maximum absolute atomic E-state index is 16.1. The fourth-order valence-corrected chi connectivity index (χ4v) is 13.2. The van der Waals surface area contributed by atoms with Crippen LogP contribution >= 0.6 is 0 Å². The van der Waals surface area contributed by atoms with Gasteiger partial charge in [-0.1, -0.05) is 27.7 Å². The first-order valence-electron chi connectivity index (χ1n) is 34.7. The molecule has 8 aliphatic rings. The molecule has 98 heavy (non-hydrogen) atoms. The van der Waals surface area contributed by atoms with Crippen molar-refractivity contribution in [2.24, 2.45) is 54.1 Å². The Kier molecular flexibility index (Phi) is 25.0. The van der Waals surface area contributed by atoms with Gasteiger partial charge in [0.25, 0.3) is 0 Å². The average Bonchev–Trinajstić information content (AvgIpc) is 1.71. The van der Waals surface area contributed by atoms with Crippen molar-refractivity contribution in [3.63, 3.8) is 0 Å². The molecule has 0 N–H and O–H groups in total. The van der Waals surface area contributed by atoms with Crippen molar-refractivity contribution < 1.29 is 133 Å². The van der Waals surface area contributed by atoms with Crippen LogP contribution in [0.4, 0.5) is 0 Å². The van der Waals surface area contributed by atoms with E-state index in [0.29, 0.717) is 39.6 Å². The highest BCUT2D eigenvalue weighted by Gasteiger charge is 2.66. The highest BCUT2D eigenvalue weighted by atomic mass is 16.7. The summed E-state index contributed by atoms with van der Waals surface area (Å²) in [7, 11) is 0. The van der Waals surface area contributed by atoms with Gasteiger partial charge in [-0.3, -0.25) is 47.9 Å². The second-order valence-electron chi connectivity index (χ2n) is 30.9. The van der Waals surface area contributed by atoms with Gasteiger partial charge in [0.15, 0.2) is 0 Å². The molecule has 0 spiro atoms. The van der Waals surface area contributed by atoms with Gasteiger partial charge in [0.1, 0.15) is 115 Å². The molecule has 18 atom stereocenters. The van der Waals surface area contributed by atoms with E-state index in [1.54, 1.807) is 55.4 Å². The Bertz CT molecular complexity index is 2700. The molecule has 554 valence electrons. The molecule has 28 nitrogen and oxygen atoms in total. The maximum atomic E-state index is 16.1. The number of hydrogen-bond donors (Lipinski definition) is 0. The van der Waals surface area contributed by atoms with Crippen molar-refractivity contribution >= 4 is 59.7 Å². The molecule has 0 radical (unpaired) electrons. The number of carbonyl (C=O) groups is 10. The van der Waals surface area contributed by atoms with Gasteiger partial charge < -0.3 is 85.3 Å². The third-order valence-corrected chi connectivity index (χ3v) is 21.8. The molecule has 0 aromatic carbocycles. The molecule has 16 unspecified atom stereocenters. The Balaban J connectivity index is 1.19. The molecule has 8 aliphatic heterocycles. The van der Waals surface area contributed by atoms with Gasteiger partial charge in [-0.15, -0.1) is 0 Å². The Morgan fingerprint density at radius 2 is 0.378 bits per heavy atom. The van der Waals surface area contributed by atoms with Crippen LogP contribution in [0.15, 0.2) is 0 Å². The molecule has 0 aromatic heterocycles. The fourth-order valence-electron chi connectivity index (χ4n) is 13.2. The standard InChI is InChI=1S/C70H106O28/c1-15-61(5,51(71)91-29-43-21-83-43)37-65(9,55(75)95-33-47-25-87-47)41-69(13,67(11,59(79)97-35-49-27-89-49)39-63(7,17-3)53(73)93-31-45-23-85-45)57(77)81-19-20-82-58(78)70(14,68(12,60(80)98-36-50-28-90-50)40-64(8,18-4)54(74)94-32-46-24-86-46)42-66(10,56(76)96-34-48-26-88-48)38-62(6,16-2)52(72)92-30-44-22-84-44/h43-50H,15-42H2,1-14H3/t43?,44?,45?,46?,47?,48?,49?,50?,61?,62?,63?,64?,65?,66?,67-,68?,69+,70?/m0/s1. The summed E-state index contributed by atoms with van der Waals surface area (Å²) in [4.78, 5) is 151. The van der Waals surface area contributed by atoms with Crippen LogP contribution in [0.25, 0.3) is 0 Å². The first kappa shape index (κ1) is 78.1. The lowest BCUT2D eigenvalue weighted by Crippen LogP contribution is -2.57. The molecule has 8 heterocycles. The van der Waals surface area contributed by atoms with Gasteiger partial charge in [-0.05, 0) is 133 Å². The minimum Gasteiger partial charge on any atom is -0.462 e. The summed E-state index contributed by atoms with van der Waals surface area (Å²) >= 11 is 0. The number of epoxide rings is 8. The molecular weight excluding hydrogens is 1290 g/mol. The normalized spacial score (nSPS) is 28.3. The van der Waals surface area contributed by atoms with E-state index in [9.17, 15) is 19.2 Å². The van der Waals surface area contributed by atoms with Crippen LogP contribution in [-0.4, -0.2) is 227 Å². The van der Waals surface area contributed by atoms with Gasteiger partial charge in [0.2, 0.25) is 0 Å². The van der Waals surface area contributed by atoms with Crippen LogP contribution in [-0.2, 0) is 133 Å². The van der Waals surface area contributed by atoms with Gasteiger partial charge >= 0.3 is 59.7 Å². The number of rotatable bonds is 47. The zero-order valence-electron chi connectivity index (χ0n) is 59.8. The van der Waals surface area contributed by atoms with Crippen LogP contribution < -0.4 is 0 Å². The molecule has 0 aromatic rings. The lowest BCUT2D eigenvalue weighted by atomic mass is 9.53. The average molecular weight is 1400 g/mol. The monoisotopic (exact) mass is 1390 g/mol. The summed E-state index contributed by atoms with van der Waals surface area (Å²) in [6, 6.07) is 0. The van der Waals surface area contributed by atoms with Crippen molar-refractivity contribution in [3.05, 3.63) is 0 Å². The molecule has 0 aliphatic carbocycles. The summed E-state index contributed by atoms with van der Waals surface area (Å²) in [5, 5.41) is 0. The number of hydrogen-bond acceptors (Lipinski definition) is 28. The molecule has 0 saturated carbocycles. The quantitative estimate of drug-likeness (QED) is 0.0307. The van der Waals surface area contributed by atoms with Gasteiger partial charge in [0.05, 0.1) is 107 Å². The number of ether oxygens (including phenoxy) is 18. The predicted molar refractivity (Wildman–Crippen MR) is 337 cm³/mol. The van der Waals surface area contributed by atoms with Gasteiger partial charge in [-0.2, -0.15) is 0 Å². The molecule has 8 fully saturated rings. The summed E-state index contributed by atoms with van der Waals surface area (Å²) in [5.41, 5.74) is -18.6. The molecule has 0 bridgehead atoms. The van der Waals surface area contributed by atoms with Crippen molar-refractivity contribution in [1.29, 1.82) is 0 Å². The van der Waals surface area contributed by atoms with Crippen molar-refractivity contribution in [2.75, 3.05) is 119 Å². The summed E-state index contributed by atoms with van der Waals surface area (Å²) < 4.78 is 103. The summed E-state index contributed by atoms with van der Waals surface area (Å²) in [5.74, 6) is -8.74. The first-order chi connectivity index (χ1) is 46.0. The molecule has 8 saturated heterocycles. The molecule has 8 rings (SSSR count). The van der Waals surface area contributed by atoms with Crippen LogP contribution in [0.1, 0.15) is 161 Å². The largest absolute Gasteiger partial charge is 0.462 e. The van der Waals surface area contributed by atoms with Crippen molar-refractivity contribution in [3.8, 4) is 0 Å². The second-order valence-corrected chi connectivity index (χ2v) is 30.9. The van der Waals surface area contributed by atoms with E-state index < -0.39 is 177 Å². The van der Waals surface area contributed by atoms with Crippen LogP contribution in [0.2, 0.25) is 0 Å². The van der Waals surface area contributed by atoms with Crippen LogP contribution in [0, 0.1) is 54.1 Å². The zero-order valence-corrected chi connectivity index (χ0v) is 59.8. The predicted octanol–water partition coefficient (Wildman–Crippen LogP) is 5.65. The minimum absolute atomic E-state index is 0.0500. The summed E-state index contributed by atoms with van der Waals surface area (Å²) in [6.07, 6.45) is -5.43. The second kappa shape index (κ2) is 31.3. The van der Waals surface area contributed by atoms with E-state index in [1.165, 1.54) is 41.5 Å². The SMILES string of the molecule is CCC(C)(CC(C)(CC(C)(C(=O)OCCOC(=O)[C@@](C)(CC(C)(CC(C)(CC)C(=O)OCC1CO1)C(=O)OCC1CO1)[C@@](C)(CC(C)(CC)C(=O)OCC1CO1)C(=O)OCC1CO1)C(C)(CC(C)(CC)C(=O)OCC1CO1)C(=O)OCC1CO1)C(=O)OCC1CO1)C(=O)OCC1CO1. The molecular formula is C70H106O28. The van der Waals surface area contributed by atoms with Gasteiger partial charge in [0, 0.05) is 0 Å². The molecule has 28 heteroatoms. The number of esters is 10. The highest BCUT2D eigenvalue weighted by Crippen LogP contribution is 2.60. The van der Waals surface area contributed by atoms with E-state index in [0.717, 1.165) is 0 Å². The maximum Gasteiger partial charge on any atom is 0.313 e. The molecule has 0 amide bonds. The Labute approximate surface area is 574 Å². The Hall–Kier alpha value is -5.62. The first-order valence-corrected chi connectivity index (χ1v) is 34.7.